The third-order valence-corrected chi connectivity index (χ3v) is 4.28. The molecule has 0 unspecified atom stereocenters. The van der Waals surface area contributed by atoms with Crippen LogP contribution in [0, 0.1) is 5.82 Å². The standard InChI is InChI=1S/C22H23FN6O6/c1-3-34-21(32)27-15-7-5-12(9-17(15)30)25-19-14(23)11-24-20(29-19)26-13-6-8-16(18(31)10-13)28-22(33)35-4-2/h5-11,30-31H,3-4H2,1-2H3,(H,27,32)(H,28,33)(H2,24,25,26,29). The molecule has 13 heteroatoms. The van der Waals surface area contributed by atoms with E-state index < -0.39 is 18.0 Å². The van der Waals surface area contributed by atoms with Gasteiger partial charge in [-0.3, -0.25) is 10.6 Å². The first kappa shape index (κ1) is 24.8. The van der Waals surface area contributed by atoms with Crippen molar-refractivity contribution in [2.75, 3.05) is 34.5 Å². The van der Waals surface area contributed by atoms with Crippen molar-refractivity contribution in [3.05, 3.63) is 48.4 Å². The summed E-state index contributed by atoms with van der Waals surface area (Å²) in [4.78, 5) is 30.9. The highest BCUT2D eigenvalue weighted by Crippen LogP contribution is 2.30. The van der Waals surface area contributed by atoms with Crippen molar-refractivity contribution in [2.45, 2.75) is 13.8 Å². The lowest BCUT2D eigenvalue weighted by molar-refractivity contribution is 0.167. The molecule has 0 saturated carbocycles. The summed E-state index contributed by atoms with van der Waals surface area (Å²) in [5.74, 6) is -1.47. The number of amides is 2. The number of aromatic nitrogens is 2. The topological polar surface area (TPSA) is 167 Å². The quantitative estimate of drug-likeness (QED) is 0.247. The Labute approximate surface area is 199 Å². The Balaban J connectivity index is 1.71. The van der Waals surface area contributed by atoms with Gasteiger partial charge in [0.2, 0.25) is 5.95 Å². The number of carbonyl (C=O) groups is 2. The number of halogens is 1. The van der Waals surface area contributed by atoms with Gasteiger partial charge in [-0.2, -0.15) is 4.98 Å². The summed E-state index contributed by atoms with van der Waals surface area (Å²) in [7, 11) is 0. The van der Waals surface area contributed by atoms with Crippen LogP contribution < -0.4 is 21.3 Å². The summed E-state index contributed by atoms with van der Waals surface area (Å²) in [6.07, 6.45) is -0.501. The minimum absolute atomic E-state index is 0.00391. The molecule has 0 atom stereocenters. The normalized spacial score (nSPS) is 10.3. The molecule has 0 saturated heterocycles. The number of hydrogen-bond donors (Lipinski definition) is 6. The van der Waals surface area contributed by atoms with Gasteiger partial charge >= 0.3 is 12.2 Å². The van der Waals surface area contributed by atoms with Crippen LogP contribution in [0.15, 0.2) is 42.6 Å². The van der Waals surface area contributed by atoms with Gasteiger partial charge in [0.25, 0.3) is 0 Å². The van der Waals surface area contributed by atoms with Crippen molar-refractivity contribution in [1.29, 1.82) is 0 Å². The average Bonchev–Trinajstić information content (AvgIpc) is 2.80. The van der Waals surface area contributed by atoms with Gasteiger partial charge < -0.3 is 30.3 Å². The predicted molar refractivity (Wildman–Crippen MR) is 126 cm³/mol. The Hall–Kier alpha value is -4.81. The molecule has 3 rings (SSSR count). The van der Waals surface area contributed by atoms with Crippen LogP contribution in [0.1, 0.15) is 13.8 Å². The lowest BCUT2D eigenvalue weighted by atomic mass is 10.2. The van der Waals surface area contributed by atoms with Crippen LogP contribution in [-0.2, 0) is 9.47 Å². The fourth-order valence-corrected chi connectivity index (χ4v) is 2.77. The van der Waals surface area contributed by atoms with Crippen LogP contribution in [0.3, 0.4) is 0 Å². The molecular weight excluding hydrogens is 463 g/mol. The number of benzene rings is 2. The van der Waals surface area contributed by atoms with E-state index in [1.54, 1.807) is 13.8 Å². The van der Waals surface area contributed by atoms with Gasteiger partial charge in [0.1, 0.15) is 11.5 Å². The number of phenolic OH excluding ortho intramolecular Hbond substituents is 2. The number of rotatable bonds is 8. The van der Waals surface area contributed by atoms with Gasteiger partial charge in [0.05, 0.1) is 30.8 Å². The molecule has 1 heterocycles. The Bertz CT molecular complexity index is 1230. The smallest absolute Gasteiger partial charge is 0.411 e. The summed E-state index contributed by atoms with van der Waals surface area (Å²) in [5.41, 5.74) is 0.895. The number of phenols is 2. The van der Waals surface area contributed by atoms with E-state index in [9.17, 15) is 24.2 Å². The molecule has 35 heavy (non-hydrogen) atoms. The number of ether oxygens (including phenoxy) is 2. The van der Waals surface area contributed by atoms with Crippen LogP contribution in [0.5, 0.6) is 11.5 Å². The average molecular weight is 486 g/mol. The van der Waals surface area contributed by atoms with Crippen LogP contribution in [0.25, 0.3) is 0 Å². The van der Waals surface area contributed by atoms with E-state index in [1.165, 1.54) is 36.4 Å². The molecule has 184 valence electrons. The third-order valence-electron chi connectivity index (χ3n) is 4.28. The highest BCUT2D eigenvalue weighted by atomic mass is 19.1. The first-order chi connectivity index (χ1) is 16.8. The van der Waals surface area contributed by atoms with Crippen LogP contribution in [0.2, 0.25) is 0 Å². The molecule has 0 radical (unpaired) electrons. The zero-order valence-electron chi connectivity index (χ0n) is 18.8. The highest BCUT2D eigenvalue weighted by Gasteiger charge is 2.12. The van der Waals surface area contributed by atoms with Crippen molar-refractivity contribution < 1.29 is 33.7 Å². The number of carbonyl (C=O) groups excluding carboxylic acids is 2. The molecule has 2 aromatic carbocycles. The van der Waals surface area contributed by atoms with E-state index in [4.69, 9.17) is 9.47 Å². The monoisotopic (exact) mass is 486 g/mol. The maximum Gasteiger partial charge on any atom is 0.411 e. The molecule has 3 aromatic rings. The second-order valence-electron chi connectivity index (χ2n) is 6.79. The fourth-order valence-electron chi connectivity index (χ4n) is 2.77. The minimum atomic E-state index is -0.763. The van der Waals surface area contributed by atoms with Crippen molar-refractivity contribution in [1.82, 2.24) is 9.97 Å². The first-order valence-corrected chi connectivity index (χ1v) is 10.4. The molecule has 1 aromatic heterocycles. The van der Waals surface area contributed by atoms with Gasteiger partial charge in [0, 0.05) is 23.5 Å². The Morgan fingerprint density at radius 1 is 0.886 bits per heavy atom. The molecule has 0 aliphatic carbocycles. The molecule has 12 nitrogen and oxygen atoms in total. The Kier molecular flexibility index (Phi) is 8.06. The van der Waals surface area contributed by atoms with E-state index in [2.05, 4.69) is 31.2 Å². The lowest BCUT2D eigenvalue weighted by Crippen LogP contribution is -2.13. The van der Waals surface area contributed by atoms with Gasteiger partial charge in [-0.25, -0.2) is 19.0 Å². The largest absolute Gasteiger partial charge is 0.506 e. The van der Waals surface area contributed by atoms with E-state index >= 15 is 0 Å². The molecule has 0 bridgehead atoms. The number of nitrogens with zero attached hydrogens (tertiary/aromatic N) is 2. The van der Waals surface area contributed by atoms with Gasteiger partial charge in [-0.05, 0) is 38.1 Å². The lowest BCUT2D eigenvalue weighted by Gasteiger charge is -2.12. The van der Waals surface area contributed by atoms with E-state index in [0.717, 1.165) is 6.20 Å². The molecule has 6 N–H and O–H groups in total. The van der Waals surface area contributed by atoms with E-state index in [-0.39, 0.29) is 53.5 Å². The van der Waals surface area contributed by atoms with Crippen LogP contribution in [0.4, 0.5) is 48.5 Å². The summed E-state index contributed by atoms with van der Waals surface area (Å²) in [6, 6.07) is 8.45. The molecule has 0 aliphatic rings. The summed E-state index contributed by atoms with van der Waals surface area (Å²) in [5, 5.41) is 30.6. The summed E-state index contributed by atoms with van der Waals surface area (Å²) < 4.78 is 23.8. The molecule has 0 fully saturated rings. The molecule has 0 aliphatic heterocycles. The van der Waals surface area contributed by atoms with Crippen LogP contribution in [-0.4, -0.2) is 45.6 Å². The first-order valence-electron chi connectivity index (χ1n) is 10.4. The summed E-state index contributed by atoms with van der Waals surface area (Å²) in [6.45, 7) is 3.65. The van der Waals surface area contributed by atoms with Gasteiger partial charge in [-0.1, -0.05) is 0 Å². The second-order valence-corrected chi connectivity index (χ2v) is 6.79. The Morgan fingerprint density at radius 3 is 1.89 bits per heavy atom. The fraction of sp³-hybridized carbons (Fsp3) is 0.182. The third kappa shape index (κ3) is 6.83. The van der Waals surface area contributed by atoms with Crippen molar-refractivity contribution >= 4 is 46.7 Å². The zero-order chi connectivity index (χ0) is 25.4. The van der Waals surface area contributed by atoms with Crippen LogP contribution >= 0.6 is 0 Å². The second kappa shape index (κ2) is 11.4. The number of anilines is 6. The Morgan fingerprint density at radius 2 is 1.40 bits per heavy atom. The maximum absolute atomic E-state index is 14.3. The van der Waals surface area contributed by atoms with Gasteiger partial charge in [0.15, 0.2) is 11.6 Å². The molecule has 0 spiro atoms. The van der Waals surface area contributed by atoms with Crippen molar-refractivity contribution in [3.63, 3.8) is 0 Å². The number of nitrogens with one attached hydrogen (secondary N) is 4. The minimum Gasteiger partial charge on any atom is -0.506 e. The van der Waals surface area contributed by atoms with E-state index in [1.807, 2.05) is 0 Å². The molecule has 2 amide bonds. The molecular formula is C22H23FN6O6. The van der Waals surface area contributed by atoms with Crippen molar-refractivity contribution in [2.24, 2.45) is 0 Å². The SMILES string of the molecule is CCOC(=O)Nc1ccc(Nc2ncc(F)c(Nc3ccc(NC(=O)OCC)c(O)c3)n2)cc1O. The van der Waals surface area contributed by atoms with Gasteiger partial charge in [-0.15, -0.1) is 0 Å². The predicted octanol–water partition coefficient (Wildman–Crippen LogP) is 4.65. The summed E-state index contributed by atoms with van der Waals surface area (Å²) >= 11 is 0. The highest BCUT2D eigenvalue weighted by molar-refractivity contribution is 5.88. The van der Waals surface area contributed by atoms with Crippen molar-refractivity contribution in [3.8, 4) is 11.5 Å². The number of aromatic hydroxyl groups is 2. The zero-order valence-corrected chi connectivity index (χ0v) is 18.8. The maximum atomic E-state index is 14.3. The van der Waals surface area contributed by atoms with E-state index in [0.29, 0.717) is 5.69 Å². The number of hydrogen-bond acceptors (Lipinski definition) is 10.